The summed E-state index contributed by atoms with van der Waals surface area (Å²) in [5.74, 6) is 0.588. The van der Waals surface area contributed by atoms with Gasteiger partial charge in [0.05, 0.1) is 36.5 Å². The number of aromatic nitrogens is 1. The Balaban J connectivity index is 1.70. The summed E-state index contributed by atoms with van der Waals surface area (Å²) in [5.41, 5.74) is 1.66. The highest BCUT2D eigenvalue weighted by molar-refractivity contribution is 7.07. The first-order valence-corrected chi connectivity index (χ1v) is 12.8. The Morgan fingerprint density at radius 1 is 1.03 bits per heavy atom. The molecule has 0 N–H and O–H groups in total. The van der Waals surface area contributed by atoms with Crippen molar-refractivity contribution >= 4 is 34.2 Å². The predicted molar refractivity (Wildman–Crippen MR) is 144 cm³/mol. The zero-order valence-corrected chi connectivity index (χ0v) is 21.6. The Morgan fingerprint density at radius 3 is 2.57 bits per heavy atom. The maximum atomic E-state index is 13.8. The van der Waals surface area contributed by atoms with Crippen LogP contribution >= 0.6 is 11.3 Å². The van der Waals surface area contributed by atoms with Gasteiger partial charge in [0.25, 0.3) is 5.56 Å². The second-order valence-corrected chi connectivity index (χ2v) is 9.33. The summed E-state index contributed by atoms with van der Waals surface area (Å²) in [5, 5.41) is 2.14. The minimum Gasteiger partial charge on any atom is -0.490 e. The largest absolute Gasteiger partial charge is 0.490 e. The van der Waals surface area contributed by atoms with Gasteiger partial charge in [-0.25, -0.2) is 9.79 Å². The van der Waals surface area contributed by atoms with Gasteiger partial charge in [-0.15, -0.1) is 0 Å². The van der Waals surface area contributed by atoms with Crippen LogP contribution < -0.4 is 24.4 Å². The summed E-state index contributed by atoms with van der Waals surface area (Å²) in [7, 11) is 1.32. The van der Waals surface area contributed by atoms with Crippen LogP contribution in [0.1, 0.15) is 31.0 Å². The molecule has 4 aromatic rings. The minimum absolute atomic E-state index is 0.233. The first kappa shape index (κ1) is 24.5. The Bertz CT molecular complexity index is 1690. The molecule has 0 unspecified atom stereocenters. The predicted octanol–water partition coefficient (Wildman–Crippen LogP) is 3.97. The van der Waals surface area contributed by atoms with E-state index in [1.165, 1.54) is 24.6 Å². The molecule has 5 rings (SSSR count). The van der Waals surface area contributed by atoms with E-state index in [2.05, 4.69) is 4.99 Å². The Kier molecular flexibility index (Phi) is 6.92. The second-order valence-electron chi connectivity index (χ2n) is 8.32. The van der Waals surface area contributed by atoms with Crippen molar-refractivity contribution in [1.82, 2.24) is 4.57 Å². The van der Waals surface area contributed by atoms with E-state index >= 15 is 0 Å². The lowest BCUT2D eigenvalue weighted by Crippen LogP contribution is -2.39. The number of benzene rings is 3. The molecule has 37 heavy (non-hydrogen) atoms. The number of hydrogen-bond acceptors (Lipinski definition) is 7. The fourth-order valence-electron chi connectivity index (χ4n) is 4.50. The third-order valence-electron chi connectivity index (χ3n) is 6.12. The van der Waals surface area contributed by atoms with Crippen LogP contribution in [0.15, 0.2) is 82.2 Å². The zero-order valence-electron chi connectivity index (χ0n) is 20.8. The molecule has 0 aliphatic carbocycles. The third-order valence-corrected chi connectivity index (χ3v) is 7.12. The lowest BCUT2D eigenvalue weighted by molar-refractivity contribution is -0.136. The average molecular weight is 515 g/mol. The van der Waals surface area contributed by atoms with Crippen LogP contribution in [0.5, 0.6) is 11.5 Å². The fourth-order valence-corrected chi connectivity index (χ4v) is 5.47. The number of hydrogen-bond donors (Lipinski definition) is 0. The Hall–Kier alpha value is -4.17. The quantitative estimate of drug-likeness (QED) is 0.349. The molecule has 0 saturated heterocycles. The van der Waals surface area contributed by atoms with Gasteiger partial charge in [0.1, 0.15) is 0 Å². The molecule has 0 fully saturated rings. The van der Waals surface area contributed by atoms with Crippen LogP contribution in [-0.2, 0) is 9.53 Å². The van der Waals surface area contributed by atoms with E-state index in [0.717, 1.165) is 16.3 Å². The van der Waals surface area contributed by atoms with E-state index in [4.69, 9.17) is 14.2 Å². The highest BCUT2D eigenvalue weighted by atomic mass is 32.1. The first-order valence-electron chi connectivity index (χ1n) is 12.0. The summed E-state index contributed by atoms with van der Waals surface area (Å²) in [4.78, 5) is 31.5. The van der Waals surface area contributed by atoms with Crippen LogP contribution in [0.2, 0.25) is 0 Å². The fraction of sp³-hybridized carbons (Fsp3) is 0.207. The second kappa shape index (κ2) is 10.4. The first-order chi connectivity index (χ1) is 18.0. The lowest BCUT2D eigenvalue weighted by atomic mass is 9.97. The number of carbonyl (C=O) groups is 1. The number of methoxy groups -OCH3 is 1. The monoisotopic (exact) mass is 514 g/mol. The molecule has 1 aliphatic rings. The van der Waals surface area contributed by atoms with Crippen molar-refractivity contribution in [3.8, 4) is 11.5 Å². The van der Waals surface area contributed by atoms with E-state index in [0.29, 0.717) is 39.6 Å². The standard InChI is InChI=1S/C29H26N2O5S/c1-4-35-23-14-13-20(15-24(23)36-5-2)26-22(28(33)34-3)17-30-29-31(26)27(32)25(37-29)16-19-11-8-10-18-9-6-7-12-21(18)19/h6-17,26H,4-5H2,1-3H3/b25-16+/t26-/m1/s1. The molecule has 8 heteroatoms. The van der Waals surface area contributed by atoms with Gasteiger partial charge >= 0.3 is 5.97 Å². The van der Waals surface area contributed by atoms with Gasteiger partial charge in [-0.2, -0.15) is 0 Å². The van der Waals surface area contributed by atoms with Gasteiger partial charge in [-0.1, -0.05) is 59.9 Å². The van der Waals surface area contributed by atoms with Crippen LogP contribution in [0, 0.1) is 0 Å². The van der Waals surface area contributed by atoms with Gasteiger partial charge in [0.2, 0.25) is 0 Å². The number of nitrogens with zero attached hydrogens (tertiary/aromatic N) is 2. The average Bonchev–Trinajstić information content (AvgIpc) is 3.24. The normalized spacial score (nSPS) is 15.1. The number of ether oxygens (including phenoxy) is 3. The van der Waals surface area contributed by atoms with Gasteiger partial charge in [0.15, 0.2) is 16.3 Å². The van der Waals surface area contributed by atoms with Crippen LogP contribution in [-0.4, -0.2) is 30.9 Å². The summed E-state index contributed by atoms with van der Waals surface area (Å²) >= 11 is 1.29. The molecule has 0 saturated carbocycles. The summed E-state index contributed by atoms with van der Waals surface area (Å²) in [6.45, 7) is 4.71. The maximum Gasteiger partial charge on any atom is 0.337 e. The van der Waals surface area contributed by atoms with E-state index in [1.54, 1.807) is 10.6 Å². The molecule has 3 aromatic carbocycles. The molecule has 1 aliphatic heterocycles. The molecule has 0 spiro atoms. The number of thiazole rings is 1. The number of esters is 1. The number of carbonyl (C=O) groups excluding carboxylic acids is 1. The van der Waals surface area contributed by atoms with Crippen molar-refractivity contribution in [2.24, 2.45) is 4.99 Å². The van der Waals surface area contributed by atoms with Gasteiger partial charge < -0.3 is 14.2 Å². The topological polar surface area (TPSA) is 79.1 Å². The molecule has 0 amide bonds. The van der Waals surface area contributed by atoms with Crippen molar-refractivity contribution in [2.45, 2.75) is 19.9 Å². The lowest BCUT2D eigenvalue weighted by Gasteiger charge is -2.23. The highest BCUT2D eigenvalue weighted by Gasteiger charge is 2.31. The van der Waals surface area contributed by atoms with Gasteiger partial charge in [-0.3, -0.25) is 9.36 Å². The Morgan fingerprint density at radius 2 is 1.78 bits per heavy atom. The van der Waals surface area contributed by atoms with Crippen molar-refractivity contribution < 1.29 is 19.0 Å². The maximum absolute atomic E-state index is 13.8. The van der Waals surface area contributed by atoms with Crippen LogP contribution in [0.4, 0.5) is 0 Å². The number of rotatable bonds is 7. The minimum atomic E-state index is -0.728. The van der Waals surface area contributed by atoms with Crippen molar-refractivity contribution in [2.75, 3.05) is 20.3 Å². The SMILES string of the molecule is CCOc1ccc([C@@H]2C(C(=O)OC)=CN=c3s/c(=C/c4cccc5ccccc45)c(=O)n32)cc1OCC. The molecule has 1 aromatic heterocycles. The summed E-state index contributed by atoms with van der Waals surface area (Å²) in [6, 6.07) is 18.7. The van der Waals surface area contributed by atoms with Crippen molar-refractivity contribution in [1.29, 1.82) is 0 Å². The Labute approximate surface area is 217 Å². The molecule has 0 radical (unpaired) electrons. The number of fused-ring (bicyclic) bond motifs is 2. The molecule has 0 bridgehead atoms. The molecular formula is C29H26N2O5S. The summed E-state index contributed by atoms with van der Waals surface area (Å²) in [6.07, 6.45) is 3.37. The zero-order chi connectivity index (χ0) is 25.9. The molecule has 7 nitrogen and oxygen atoms in total. The van der Waals surface area contributed by atoms with E-state index in [1.807, 2.05) is 74.5 Å². The van der Waals surface area contributed by atoms with Gasteiger partial charge in [0, 0.05) is 6.20 Å². The van der Waals surface area contributed by atoms with E-state index in [-0.39, 0.29) is 11.1 Å². The summed E-state index contributed by atoms with van der Waals surface area (Å²) < 4.78 is 18.6. The molecule has 2 heterocycles. The van der Waals surface area contributed by atoms with Crippen LogP contribution in [0.25, 0.3) is 16.8 Å². The van der Waals surface area contributed by atoms with E-state index in [9.17, 15) is 9.59 Å². The highest BCUT2D eigenvalue weighted by Crippen LogP contribution is 2.35. The van der Waals surface area contributed by atoms with E-state index < -0.39 is 12.0 Å². The van der Waals surface area contributed by atoms with Crippen molar-refractivity contribution in [3.05, 3.63) is 103 Å². The molecular weight excluding hydrogens is 488 g/mol. The van der Waals surface area contributed by atoms with Crippen molar-refractivity contribution in [3.63, 3.8) is 0 Å². The van der Waals surface area contributed by atoms with Gasteiger partial charge in [-0.05, 0) is 54.0 Å². The smallest absolute Gasteiger partial charge is 0.337 e. The van der Waals surface area contributed by atoms with Crippen LogP contribution in [0.3, 0.4) is 0 Å². The third kappa shape index (κ3) is 4.56. The molecule has 1 atom stereocenters. The molecule has 188 valence electrons.